The number of imidazole rings is 1. The Balaban J connectivity index is 1.57. The first kappa shape index (κ1) is 19.2. The Morgan fingerprint density at radius 2 is 2.17 bits per heavy atom. The van der Waals surface area contributed by atoms with E-state index < -0.39 is 0 Å². The van der Waals surface area contributed by atoms with E-state index in [4.69, 9.17) is 9.72 Å². The molecule has 152 valence electrons. The van der Waals surface area contributed by atoms with Crippen LogP contribution in [0.2, 0.25) is 0 Å². The number of ether oxygens (including phenoxy) is 1. The first-order valence-electron chi connectivity index (χ1n) is 10.2. The summed E-state index contributed by atoms with van der Waals surface area (Å²) in [5.41, 5.74) is 2.43. The van der Waals surface area contributed by atoms with E-state index >= 15 is 0 Å². The highest BCUT2D eigenvalue weighted by Crippen LogP contribution is 2.34. The average molecular weight is 393 g/mol. The molecule has 0 bridgehead atoms. The van der Waals surface area contributed by atoms with Crippen molar-refractivity contribution in [1.82, 2.24) is 19.3 Å². The monoisotopic (exact) mass is 393 g/mol. The van der Waals surface area contributed by atoms with E-state index in [2.05, 4.69) is 17.2 Å². The number of hydrogen-bond donors (Lipinski definition) is 1. The highest BCUT2D eigenvalue weighted by atomic mass is 16.5. The van der Waals surface area contributed by atoms with E-state index in [0.717, 1.165) is 47.9 Å². The predicted molar refractivity (Wildman–Crippen MR) is 113 cm³/mol. The van der Waals surface area contributed by atoms with Gasteiger partial charge < -0.3 is 15.0 Å². The van der Waals surface area contributed by atoms with Crippen molar-refractivity contribution in [3.8, 4) is 17.0 Å². The Bertz CT molecular complexity index is 1000. The van der Waals surface area contributed by atoms with Crippen molar-refractivity contribution >= 4 is 17.4 Å². The van der Waals surface area contributed by atoms with Gasteiger partial charge in [-0.25, -0.2) is 4.98 Å². The van der Waals surface area contributed by atoms with Gasteiger partial charge in [0.05, 0.1) is 13.3 Å². The molecule has 0 radical (unpaired) electrons. The van der Waals surface area contributed by atoms with Gasteiger partial charge in [-0.15, -0.1) is 0 Å². The fourth-order valence-electron chi connectivity index (χ4n) is 4.00. The van der Waals surface area contributed by atoms with Crippen LogP contribution in [0.1, 0.15) is 32.6 Å². The van der Waals surface area contributed by atoms with Gasteiger partial charge in [-0.2, -0.15) is 0 Å². The number of anilines is 1. The summed E-state index contributed by atoms with van der Waals surface area (Å²) in [7, 11) is 1.65. The molecule has 0 aliphatic carbocycles. The Morgan fingerprint density at radius 3 is 3.00 bits per heavy atom. The third kappa shape index (κ3) is 3.90. The molecule has 1 N–H and O–H groups in total. The van der Waals surface area contributed by atoms with Gasteiger partial charge >= 0.3 is 0 Å². The molecule has 3 aromatic rings. The number of likely N-dealkylation sites (tertiary alicyclic amines) is 1. The van der Waals surface area contributed by atoms with E-state index in [1.807, 2.05) is 39.8 Å². The summed E-state index contributed by atoms with van der Waals surface area (Å²) < 4.78 is 7.49. The smallest absolute Gasteiger partial charge is 0.224 e. The van der Waals surface area contributed by atoms with Crippen LogP contribution in [-0.4, -0.2) is 51.4 Å². The zero-order chi connectivity index (χ0) is 20.2. The maximum Gasteiger partial charge on any atom is 0.224 e. The van der Waals surface area contributed by atoms with Crippen molar-refractivity contribution in [3.63, 3.8) is 0 Å². The Morgan fingerprint density at radius 1 is 1.31 bits per heavy atom. The number of methoxy groups -OCH3 is 1. The van der Waals surface area contributed by atoms with Crippen molar-refractivity contribution in [1.29, 1.82) is 0 Å². The number of fused-ring (bicyclic) bond motifs is 1. The van der Waals surface area contributed by atoms with E-state index in [1.165, 1.54) is 6.42 Å². The SMILES string of the molecule is COc1ccccc1-c1nc2cnccn2c1NCCC(=O)N1CCCC[C@@H]1C. The second-order valence-electron chi connectivity index (χ2n) is 7.42. The van der Waals surface area contributed by atoms with Crippen molar-refractivity contribution in [2.45, 2.75) is 38.6 Å². The lowest BCUT2D eigenvalue weighted by molar-refractivity contribution is -0.134. The number of amides is 1. The molecule has 29 heavy (non-hydrogen) atoms. The molecule has 2 aromatic heterocycles. The number of carbonyl (C=O) groups is 1. The van der Waals surface area contributed by atoms with Gasteiger partial charge in [0.2, 0.25) is 5.91 Å². The van der Waals surface area contributed by atoms with Gasteiger partial charge in [0.25, 0.3) is 0 Å². The van der Waals surface area contributed by atoms with Gasteiger partial charge in [-0.1, -0.05) is 12.1 Å². The number of para-hydroxylation sites is 1. The first-order valence-corrected chi connectivity index (χ1v) is 10.2. The second kappa shape index (κ2) is 8.51. The maximum absolute atomic E-state index is 12.7. The Kier molecular flexibility index (Phi) is 5.64. The van der Waals surface area contributed by atoms with Gasteiger partial charge in [0, 0.05) is 43.5 Å². The molecular weight excluding hydrogens is 366 g/mol. The molecule has 0 unspecified atom stereocenters. The van der Waals surface area contributed by atoms with Crippen LogP contribution in [0.3, 0.4) is 0 Å². The number of aromatic nitrogens is 3. The van der Waals surface area contributed by atoms with E-state index in [1.54, 1.807) is 19.5 Å². The molecule has 1 aliphatic heterocycles. The molecular formula is C22H27N5O2. The van der Waals surface area contributed by atoms with E-state index in [9.17, 15) is 4.79 Å². The van der Waals surface area contributed by atoms with Crippen molar-refractivity contribution in [3.05, 3.63) is 42.9 Å². The van der Waals surface area contributed by atoms with Gasteiger partial charge in [0.15, 0.2) is 5.65 Å². The van der Waals surface area contributed by atoms with Gasteiger partial charge in [-0.3, -0.25) is 14.2 Å². The molecule has 3 heterocycles. The van der Waals surface area contributed by atoms with Crippen molar-refractivity contribution in [2.75, 3.05) is 25.5 Å². The van der Waals surface area contributed by atoms with Crippen LogP contribution in [0.4, 0.5) is 5.82 Å². The van der Waals surface area contributed by atoms with Crippen LogP contribution < -0.4 is 10.1 Å². The number of nitrogens with zero attached hydrogens (tertiary/aromatic N) is 4. The third-order valence-electron chi connectivity index (χ3n) is 5.55. The molecule has 7 nitrogen and oxygen atoms in total. The Labute approximate surface area is 170 Å². The lowest BCUT2D eigenvalue weighted by Crippen LogP contribution is -2.42. The largest absolute Gasteiger partial charge is 0.496 e. The number of nitrogens with one attached hydrogen (secondary N) is 1. The van der Waals surface area contributed by atoms with Crippen LogP contribution in [0.25, 0.3) is 16.9 Å². The lowest BCUT2D eigenvalue weighted by Gasteiger charge is -2.33. The summed E-state index contributed by atoms with van der Waals surface area (Å²) >= 11 is 0. The zero-order valence-corrected chi connectivity index (χ0v) is 17.0. The summed E-state index contributed by atoms with van der Waals surface area (Å²) in [6.07, 6.45) is 9.18. The fraction of sp³-hybridized carbons (Fsp3) is 0.409. The number of rotatable bonds is 6. The molecule has 1 atom stereocenters. The predicted octanol–water partition coefficient (Wildman–Crippen LogP) is 3.61. The first-order chi connectivity index (χ1) is 14.2. The number of hydrogen-bond acceptors (Lipinski definition) is 5. The van der Waals surface area contributed by atoms with Crippen LogP contribution in [-0.2, 0) is 4.79 Å². The molecule has 1 aliphatic rings. The molecule has 1 amide bonds. The third-order valence-corrected chi connectivity index (χ3v) is 5.55. The Hall–Kier alpha value is -3.09. The topological polar surface area (TPSA) is 71.8 Å². The zero-order valence-electron chi connectivity index (χ0n) is 17.0. The molecule has 1 aromatic carbocycles. The van der Waals surface area contributed by atoms with E-state index in [-0.39, 0.29) is 5.91 Å². The molecule has 4 rings (SSSR count). The minimum absolute atomic E-state index is 0.207. The van der Waals surface area contributed by atoms with Crippen LogP contribution in [0, 0.1) is 0 Å². The summed E-state index contributed by atoms with van der Waals surface area (Å²) in [6, 6.07) is 8.14. The summed E-state index contributed by atoms with van der Waals surface area (Å²) in [6.45, 7) is 3.55. The fourth-order valence-corrected chi connectivity index (χ4v) is 4.00. The summed E-state index contributed by atoms with van der Waals surface area (Å²) in [4.78, 5) is 23.6. The van der Waals surface area contributed by atoms with Crippen LogP contribution in [0.5, 0.6) is 5.75 Å². The highest BCUT2D eigenvalue weighted by Gasteiger charge is 2.23. The lowest BCUT2D eigenvalue weighted by atomic mass is 10.0. The highest BCUT2D eigenvalue weighted by molar-refractivity contribution is 5.81. The van der Waals surface area contributed by atoms with Crippen molar-refractivity contribution in [2.24, 2.45) is 0 Å². The standard InChI is InChI=1S/C22H27N5O2/c1-16-7-5-6-13-26(16)20(28)10-11-24-22-21(17-8-3-4-9-18(17)29-2)25-19-15-23-12-14-27(19)22/h3-4,8-9,12,14-16,24H,5-7,10-11,13H2,1-2H3/t16-/m0/s1. The maximum atomic E-state index is 12.7. The van der Waals surface area contributed by atoms with Crippen LogP contribution >= 0.6 is 0 Å². The van der Waals surface area contributed by atoms with Gasteiger partial charge in [0.1, 0.15) is 17.3 Å². The van der Waals surface area contributed by atoms with E-state index in [0.29, 0.717) is 19.0 Å². The van der Waals surface area contributed by atoms with Crippen molar-refractivity contribution < 1.29 is 9.53 Å². The molecule has 0 saturated carbocycles. The number of piperidine rings is 1. The van der Waals surface area contributed by atoms with Gasteiger partial charge in [-0.05, 0) is 38.3 Å². The average Bonchev–Trinajstić information content (AvgIpc) is 3.12. The minimum atomic E-state index is 0.207. The summed E-state index contributed by atoms with van der Waals surface area (Å²) in [5, 5.41) is 3.44. The molecule has 0 spiro atoms. The van der Waals surface area contributed by atoms with Crippen LogP contribution in [0.15, 0.2) is 42.9 Å². The molecule has 1 fully saturated rings. The summed E-state index contributed by atoms with van der Waals surface area (Å²) in [5.74, 6) is 1.80. The quantitative estimate of drug-likeness (QED) is 0.693. The number of carbonyl (C=O) groups excluding carboxylic acids is 1. The molecule has 1 saturated heterocycles. The number of benzene rings is 1. The second-order valence-corrected chi connectivity index (χ2v) is 7.42. The molecule has 7 heteroatoms. The minimum Gasteiger partial charge on any atom is -0.496 e. The normalized spacial score (nSPS) is 16.8.